The lowest BCUT2D eigenvalue weighted by atomic mass is 10.1. The molecule has 1 aromatic rings. The van der Waals surface area contributed by atoms with Crippen molar-refractivity contribution in [2.75, 3.05) is 5.32 Å². The van der Waals surface area contributed by atoms with E-state index in [1.54, 1.807) is 4.68 Å². The molecule has 1 aliphatic heterocycles. The minimum Gasteiger partial charge on any atom is -0.328 e. The van der Waals surface area contributed by atoms with Crippen LogP contribution >= 0.6 is 0 Å². The van der Waals surface area contributed by atoms with Crippen molar-refractivity contribution in [3.8, 4) is 0 Å². The summed E-state index contributed by atoms with van der Waals surface area (Å²) in [4.78, 5) is 14.8. The molecular weight excluding hydrogens is 168 g/mol. The number of allylic oxidation sites excluding steroid dienone is 2. The van der Waals surface area contributed by atoms with Gasteiger partial charge in [0.05, 0.1) is 6.04 Å². The van der Waals surface area contributed by atoms with Gasteiger partial charge in [0.1, 0.15) is 12.6 Å². The minimum atomic E-state index is -0.0313. The van der Waals surface area contributed by atoms with Crippen molar-refractivity contribution in [1.82, 2.24) is 14.8 Å². The summed E-state index contributed by atoms with van der Waals surface area (Å²) >= 11 is 0. The third-order valence-electron chi connectivity index (χ3n) is 2.25. The molecule has 0 aliphatic carbocycles. The molecule has 0 radical (unpaired) electrons. The zero-order valence-corrected chi connectivity index (χ0v) is 7.48. The Labute approximate surface area is 75.5 Å². The third kappa shape index (κ3) is 1.04. The number of aromatic nitrogens is 3. The molecule has 13 heavy (non-hydrogen) atoms. The highest BCUT2D eigenvalue weighted by Crippen LogP contribution is 2.26. The molecule has 5 heteroatoms. The fourth-order valence-corrected chi connectivity index (χ4v) is 1.49. The summed E-state index contributed by atoms with van der Waals surface area (Å²) in [6.45, 7) is 3.78. The quantitative estimate of drug-likeness (QED) is 0.644. The highest BCUT2D eigenvalue weighted by atomic mass is 16.1. The number of anilines is 1. The summed E-state index contributed by atoms with van der Waals surface area (Å²) in [5.74, 6) is 0.690. The van der Waals surface area contributed by atoms with E-state index >= 15 is 0 Å². The topological polar surface area (TPSA) is 59.8 Å². The van der Waals surface area contributed by atoms with E-state index in [0.717, 1.165) is 17.6 Å². The first-order valence-corrected chi connectivity index (χ1v) is 4.06. The average Bonchev–Trinajstić information content (AvgIpc) is 2.53. The number of carbonyl (C=O) groups is 1. The van der Waals surface area contributed by atoms with E-state index in [0.29, 0.717) is 5.95 Å². The molecule has 1 atom stereocenters. The number of nitrogens with zero attached hydrogens (tertiary/aromatic N) is 3. The number of fused-ring (bicyclic) bond motifs is 1. The maximum Gasteiger partial charge on any atom is 0.225 e. The maximum atomic E-state index is 10.8. The van der Waals surface area contributed by atoms with Crippen LogP contribution in [0, 0.1) is 0 Å². The third-order valence-corrected chi connectivity index (χ3v) is 2.25. The Morgan fingerprint density at radius 2 is 2.46 bits per heavy atom. The number of aldehydes is 1. The van der Waals surface area contributed by atoms with Crippen molar-refractivity contribution in [3.05, 3.63) is 17.6 Å². The minimum absolute atomic E-state index is 0.0313. The first-order valence-electron chi connectivity index (χ1n) is 4.06. The van der Waals surface area contributed by atoms with Crippen LogP contribution < -0.4 is 5.32 Å². The van der Waals surface area contributed by atoms with Gasteiger partial charge >= 0.3 is 0 Å². The molecule has 0 saturated heterocycles. The molecule has 5 nitrogen and oxygen atoms in total. The van der Waals surface area contributed by atoms with Gasteiger partial charge in [0.25, 0.3) is 0 Å². The highest BCUT2D eigenvalue weighted by molar-refractivity contribution is 5.77. The van der Waals surface area contributed by atoms with Gasteiger partial charge in [-0.1, -0.05) is 0 Å². The maximum absolute atomic E-state index is 10.8. The second kappa shape index (κ2) is 2.69. The van der Waals surface area contributed by atoms with Crippen molar-refractivity contribution in [2.45, 2.75) is 19.9 Å². The molecule has 1 N–H and O–H groups in total. The molecule has 0 bridgehead atoms. The molecule has 0 amide bonds. The predicted octanol–water partition coefficient (Wildman–Crippen LogP) is 0.737. The Bertz CT molecular complexity index is 379. The molecule has 0 saturated carbocycles. The van der Waals surface area contributed by atoms with E-state index in [1.807, 2.05) is 13.8 Å². The van der Waals surface area contributed by atoms with Gasteiger partial charge in [-0.3, -0.25) is 4.79 Å². The number of carbonyl (C=O) groups excluding carboxylic acids is 1. The van der Waals surface area contributed by atoms with E-state index in [-0.39, 0.29) is 6.04 Å². The number of hydrogen-bond donors (Lipinski definition) is 1. The van der Waals surface area contributed by atoms with Crippen molar-refractivity contribution in [3.63, 3.8) is 0 Å². The fraction of sp³-hybridized carbons (Fsp3) is 0.375. The van der Waals surface area contributed by atoms with Gasteiger partial charge in [-0.15, -0.1) is 0 Å². The molecule has 68 valence electrons. The van der Waals surface area contributed by atoms with Gasteiger partial charge in [-0.2, -0.15) is 10.1 Å². The largest absolute Gasteiger partial charge is 0.328 e. The zero-order chi connectivity index (χ0) is 9.42. The van der Waals surface area contributed by atoms with E-state index in [1.165, 1.54) is 6.33 Å². The summed E-state index contributed by atoms with van der Waals surface area (Å²) in [5, 5.41) is 7.03. The van der Waals surface area contributed by atoms with Crippen molar-refractivity contribution in [1.29, 1.82) is 0 Å². The summed E-state index contributed by atoms with van der Waals surface area (Å²) in [6.07, 6.45) is 2.33. The molecule has 2 rings (SSSR count). The van der Waals surface area contributed by atoms with Gasteiger partial charge in [-0.05, 0) is 13.8 Å². The van der Waals surface area contributed by atoms with Gasteiger partial charge in [0.15, 0.2) is 0 Å². The van der Waals surface area contributed by atoms with E-state index in [2.05, 4.69) is 15.4 Å². The van der Waals surface area contributed by atoms with Crippen LogP contribution in [0.25, 0.3) is 0 Å². The molecular formula is C8H10N4O. The zero-order valence-electron chi connectivity index (χ0n) is 7.48. The van der Waals surface area contributed by atoms with Crippen LogP contribution in [-0.2, 0) is 4.79 Å². The number of rotatable bonds is 1. The van der Waals surface area contributed by atoms with Gasteiger partial charge in [-0.25, -0.2) is 4.68 Å². The van der Waals surface area contributed by atoms with Crippen LogP contribution in [0.15, 0.2) is 17.6 Å². The molecule has 1 aromatic heterocycles. The van der Waals surface area contributed by atoms with Crippen LogP contribution in [0.3, 0.4) is 0 Å². The van der Waals surface area contributed by atoms with Crippen LogP contribution in [-0.4, -0.2) is 21.1 Å². The smallest absolute Gasteiger partial charge is 0.225 e. The molecule has 1 unspecified atom stereocenters. The molecule has 1 aliphatic rings. The lowest BCUT2D eigenvalue weighted by molar-refractivity contribution is -0.105. The Morgan fingerprint density at radius 3 is 3.15 bits per heavy atom. The second-order valence-corrected chi connectivity index (χ2v) is 3.03. The normalized spacial score (nSPS) is 20.9. The molecule has 0 spiro atoms. The first kappa shape index (κ1) is 7.97. The Balaban J connectivity index is 2.50. The van der Waals surface area contributed by atoms with E-state index in [4.69, 9.17) is 0 Å². The van der Waals surface area contributed by atoms with Gasteiger partial charge < -0.3 is 5.32 Å². The predicted molar refractivity (Wildman–Crippen MR) is 47.1 cm³/mol. The second-order valence-electron chi connectivity index (χ2n) is 3.03. The molecule has 0 aromatic carbocycles. The molecule has 0 fully saturated rings. The van der Waals surface area contributed by atoms with Crippen molar-refractivity contribution in [2.24, 2.45) is 0 Å². The monoisotopic (exact) mass is 178 g/mol. The molecule has 2 heterocycles. The Morgan fingerprint density at radius 1 is 1.69 bits per heavy atom. The van der Waals surface area contributed by atoms with Crippen LogP contribution in [0.4, 0.5) is 5.95 Å². The summed E-state index contributed by atoms with van der Waals surface area (Å²) in [7, 11) is 0. The Kier molecular flexibility index (Phi) is 1.65. The average molecular weight is 178 g/mol. The SMILES string of the molecule is CC1=C(C=O)C(C)n2ncnc2N1. The lowest BCUT2D eigenvalue weighted by Crippen LogP contribution is -2.22. The standard InChI is InChI=1S/C8H10N4O/c1-5-7(3-13)6(2)12-8(11-5)9-4-10-12/h3-4,6H,1-2H3,(H,9,10,11). The highest BCUT2D eigenvalue weighted by Gasteiger charge is 2.22. The Hall–Kier alpha value is -1.65. The van der Waals surface area contributed by atoms with Crippen LogP contribution in [0.5, 0.6) is 0 Å². The van der Waals surface area contributed by atoms with Crippen LogP contribution in [0.2, 0.25) is 0 Å². The fourth-order valence-electron chi connectivity index (χ4n) is 1.49. The number of nitrogens with one attached hydrogen (secondary N) is 1. The summed E-state index contributed by atoms with van der Waals surface area (Å²) in [5.41, 5.74) is 1.57. The van der Waals surface area contributed by atoms with E-state index in [9.17, 15) is 4.79 Å². The van der Waals surface area contributed by atoms with Crippen LogP contribution in [0.1, 0.15) is 19.9 Å². The van der Waals surface area contributed by atoms with Crippen molar-refractivity contribution < 1.29 is 4.79 Å². The van der Waals surface area contributed by atoms with Gasteiger partial charge in [0.2, 0.25) is 5.95 Å². The number of hydrogen-bond acceptors (Lipinski definition) is 4. The summed E-state index contributed by atoms with van der Waals surface area (Å²) < 4.78 is 1.69. The first-order chi connectivity index (χ1) is 6.24. The van der Waals surface area contributed by atoms with E-state index < -0.39 is 0 Å². The van der Waals surface area contributed by atoms with Gasteiger partial charge in [0, 0.05) is 11.3 Å². The summed E-state index contributed by atoms with van der Waals surface area (Å²) in [6, 6.07) is -0.0313. The lowest BCUT2D eigenvalue weighted by Gasteiger charge is -2.22. The van der Waals surface area contributed by atoms with Crippen molar-refractivity contribution >= 4 is 12.2 Å².